The SMILES string of the molecule is CC(NCc1ccc(F)c(CO)c1)c1cnn(C)c1. The monoisotopic (exact) mass is 263 g/mol. The van der Waals surface area contributed by atoms with Crippen LogP contribution in [0.2, 0.25) is 0 Å². The Bertz CT molecular complexity index is 553. The first-order chi connectivity index (χ1) is 9.10. The molecule has 2 N–H and O–H groups in total. The summed E-state index contributed by atoms with van der Waals surface area (Å²) in [6.07, 6.45) is 3.78. The van der Waals surface area contributed by atoms with Gasteiger partial charge < -0.3 is 10.4 Å². The maximum atomic E-state index is 13.2. The van der Waals surface area contributed by atoms with Gasteiger partial charge in [-0.1, -0.05) is 6.07 Å². The highest BCUT2D eigenvalue weighted by molar-refractivity contribution is 5.24. The third-order valence-electron chi connectivity index (χ3n) is 3.12. The second-order valence-corrected chi connectivity index (χ2v) is 4.63. The lowest BCUT2D eigenvalue weighted by Crippen LogP contribution is -2.17. The molecule has 0 aliphatic heterocycles. The van der Waals surface area contributed by atoms with Gasteiger partial charge in [0.25, 0.3) is 0 Å². The normalized spacial score (nSPS) is 12.6. The van der Waals surface area contributed by atoms with E-state index < -0.39 is 0 Å². The van der Waals surface area contributed by atoms with E-state index in [1.165, 1.54) is 6.07 Å². The number of benzene rings is 1. The topological polar surface area (TPSA) is 50.1 Å². The Labute approximate surface area is 111 Å². The van der Waals surface area contributed by atoms with Crippen LogP contribution in [0.1, 0.15) is 29.7 Å². The molecular formula is C14H18FN3O. The third-order valence-corrected chi connectivity index (χ3v) is 3.12. The number of hydrogen-bond donors (Lipinski definition) is 2. The molecule has 0 amide bonds. The molecule has 1 aromatic carbocycles. The first-order valence-corrected chi connectivity index (χ1v) is 6.20. The molecule has 0 saturated heterocycles. The Kier molecular flexibility index (Phi) is 4.29. The van der Waals surface area contributed by atoms with Crippen LogP contribution in [0, 0.1) is 5.82 Å². The summed E-state index contributed by atoms with van der Waals surface area (Å²) in [6, 6.07) is 4.95. The molecule has 1 unspecified atom stereocenters. The van der Waals surface area contributed by atoms with Gasteiger partial charge in [-0.25, -0.2) is 4.39 Å². The molecule has 102 valence electrons. The van der Waals surface area contributed by atoms with Crippen molar-refractivity contribution in [3.8, 4) is 0 Å². The first-order valence-electron chi connectivity index (χ1n) is 6.20. The van der Waals surface area contributed by atoms with Gasteiger partial charge in [-0.3, -0.25) is 4.68 Å². The van der Waals surface area contributed by atoms with Gasteiger partial charge in [-0.05, 0) is 24.6 Å². The van der Waals surface area contributed by atoms with Crippen LogP contribution < -0.4 is 5.32 Å². The molecule has 19 heavy (non-hydrogen) atoms. The Balaban J connectivity index is 1.98. The summed E-state index contributed by atoms with van der Waals surface area (Å²) in [6.45, 7) is 2.38. The second-order valence-electron chi connectivity index (χ2n) is 4.63. The molecule has 4 nitrogen and oxygen atoms in total. The molecule has 0 saturated carbocycles. The van der Waals surface area contributed by atoms with Crippen LogP contribution in [0.4, 0.5) is 4.39 Å². The lowest BCUT2D eigenvalue weighted by atomic mass is 10.1. The van der Waals surface area contributed by atoms with Gasteiger partial charge in [0.05, 0.1) is 12.8 Å². The van der Waals surface area contributed by atoms with Gasteiger partial charge in [0.15, 0.2) is 0 Å². The zero-order valence-electron chi connectivity index (χ0n) is 11.1. The van der Waals surface area contributed by atoms with E-state index in [-0.39, 0.29) is 18.5 Å². The van der Waals surface area contributed by atoms with Crippen molar-refractivity contribution in [2.24, 2.45) is 7.05 Å². The first kappa shape index (κ1) is 13.7. The molecule has 0 radical (unpaired) electrons. The van der Waals surface area contributed by atoms with Crippen molar-refractivity contribution >= 4 is 0 Å². The summed E-state index contributed by atoms with van der Waals surface area (Å²) < 4.78 is 15.0. The smallest absolute Gasteiger partial charge is 0.128 e. The van der Waals surface area contributed by atoms with Gasteiger partial charge in [0.2, 0.25) is 0 Å². The van der Waals surface area contributed by atoms with Gasteiger partial charge >= 0.3 is 0 Å². The molecule has 5 heteroatoms. The van der Waals surface area contributed by atoms with E-state index in [0.29, 0.717) is 12.1 Å². The van der Waals surface area contributed by atoms with Crippen molar-refractivity contribution in [2.45, 2.75) is 26.1 Å². The summed E-state index contributed by atoms with van der Waals surface area (Å²) in [4.78, 5) is 0. The van der Waals surface area contributed by atoms with Crippen LogP contribution in [0.15, 0.2) is 30.6 Å². The third kappa shape index (κ3) is 3.39. The number of aryl methyl sites for hydroxylation is 1. The van der Waals surface area contributed by atoms with Crippen molar-refractivity contribution < 1.29 is 9.50 Å². The number of aliphatic hydroxyl groups excluding tert-OH is 1. The largest absolute Gasteiger partial charge is 0.392 e. The van der Waals surface area contributed by atoms with Crippen LogP contribution in [0.3, 0.4) is 0 Å². The fourth-order valence-electron chi connectivity index (χ4n) is 1.91. The molecule has 0 spiro atoms. The zero-order chi connectivity index (χ0) is 13.8. The lowest BCUT2D eigenvalue weighted by molar-refractivity contribution is 0.275. The highest BCUT2D eigenvalue weighted by Gasteiger charge is 2.08. The fourth-order valence-corrected chi connectivity index (χ4v) is 1.91. The van der Waals surface area contributed by atoms with Crippen LogP contribution in [-0.4, -0.2) is 14.9 Å². The minimum Gasteiger partial charge on any atom is -0.392 e. The molecule has 0 fully saturated rings. The fraction of sp³-hybridized carbons (Fsp3) is 0.357. The van der Waals surface area contributed by atoms with E-state index in [2.05, 4.69) is 10.4 Å². The minimum absolute atomic E-state index is 0.163. The number of nitrogens with one attached hydrogen (secondary N) is 1. The van der Waals surface area contributed by atoms with Crippen LogP contribution >= 0.6 is 0 Å². The lowest BCUT2D eigenvalue weighted by Gasteiger charge is -2.12. The minimum atomic E-state index is -0.369. The quantitative estimate of drug-likeness (QED) is 0.866. The maximum Gasteiger partial charge on any atom is 0.128 e. The van der Waals surface area contributed by atoms with E-state index in [1.807, 2.05) is 26.4 Å². The molecule has 1 aromatic heterocycles. The number of halogens is 1. The van der Waals surface area contributed by atoms with Gasteiger partial charge in [-0.2, -0.15) is 5.10 Å². The Morgan fingerprint density at radius 3 is 2.89 bits per heavy atom. The van der Waals surface area contributed by atoms with Crippen molar-refractivity contribution in [3.05, 3.63) is 53.1 Å². The Morgan fingerprint density at radius 2 is 2.26 bits per heavy atom. The average molecular weight is 263 g/mol. The van der Waals surface area contributed by atoms with Crippen molar-refractivity contribution in [1.29, 1.82) is 0 Å². The molecule has 0 aliphatic carbocycles. The predicted molar refractivity (Wildman–Crippen MR) is 70.8 cm³/mol. The number of aliphatic hydroxyl groups is 1. The van der Waals surface area contributed by atoms with Crippen molar-refractivity contribution in [1.82, 2.24) is 15.1 Å². The van der Waals surface area contributed by atoms with Crippen molar-refractivity contribution in [3.63, 3.8) is 0 Å². The molecule has 1 heterocycles. The van der Waals surface area contributed by atoms with Crippen LogP contribution in [0.5, 0.6) is 0 Å². The summed E-state index contributed by atoms with van der Waals surface area (Å²) in [5.41, 5.74) is 2.38. The predicted octanol–water partition coefficient (Wildman–Crippen LogP) is 1.90. The van der Waals surface area contributed by atoms with Crippen LogP contribution in [0.25, 0.3) is 0 Å². The second kappa shape index (κ2) is 5.95. The highest BCUT2D eigenvalue weighted by atomic mass is 19.1. The van der Waals surface area contributed by atoms with E-state index in [0.717, 1.165) is 11.1 Å². The number of hydrogen-bond acceptors (Lipinski definition) is 3. The summed E-state index contributed by atoms with van der Waals surface area (Å²) in [5, 5.41) is 16.5. The summed E-state index contributed by atoms with van der Waals surface area (Å²) >= 11 is 0. The number of nitrogens with zero attached hydrogens (tertiary/aromatic N) is 2. The molecule has 0 aliphatic rings. The van der Waals surface area contributed by atoms with E-state index in [9.17, 15) is 4.39 Å². The molecule has 1 atom stereocenters. The standard InChI is InChI=1S/C14H18FN3O/c1-10(13-7-17-18(2)8-13)16-6-11-3-4-14(15)12(5-11)9-19/h3-5,7-8,10,16,19H,6,9H2,1-2H3. The van der Waals surface area contributed by atoms with E-state index in [4.69, 9.17) is 5.11 Å². The number of rotatable bonds is 5. The zero-order valence-corrected chi connectivity index (χ0v) is 11.1. The number of aromatic nitrogens is 2. The van der Waals surface area contributed by atoms with Gasteiger partial charge in [0, 0.05) is 37.0 Å². The molecule has 2 aromatic rings. The van der Waals surface area contributed by atoms with E-state index in [1.54, 1.807) is 16.8 Å². The highest BCUT2D eigenvalue weighted by Crippen LogP contribution is 2.14. The van der Waals surface area contributed by atoms with Gasteiger partial charge in [0.1, 0.15) is 5.82 Å². The summed E-state index contributed by atoms with van der Waals surface area (Å²) in [7, 11) is 1.88. The Hall–Kier alpha value is -1.72. The Morgan fingerprint density at radius 1 is 1.47 bits per heavy atom. The molecular weight excluding hydrogens is 245 g/mol. The summed E-state index contributed by atoms with van der Waals surface area (Å²) in [5.74, 6) is -0.369. The molecule has 2 rings (SSSR count). The van der Waals surface area contributed by atoms with E-state index >= 15 is 0 Å². The van der Waals surface area contributed by atoms with Gasteiger partial charge in [-0.15, -0.1) is 0 Å². The van der Waals surface area contributed by atoms with Crippen LogP contribution in [-0.2, 0) is 20.2 Å². The maximum absolute atomic E-state index is 13.2. The van der Waals surface area contributed by atoms with Crippen molar-refractivity contribution in [2.75, 3.05) is 0 Å². The average Bonchev–Trinajstić information content (AvgIpc) is 2.84. The molecule has 0 bridgehead atoms.